The Balaban J connectivity index is 1.89. The second kappa shape index (κ2) is 7.09. The number of carbonyl (C=O) groups excluding carboxylic acids is 1. The van der Waals surface area contributed by atoms with Crippen molar-refractivity contribution in [1.29, 1.82) is 0 Å². The molecule has 0 aromatic heterocycles. The summed E-state index contributed by atoms with van der Waals surface area (Å²) in [6.45, 7) is 2.48. The fourth-order valence-electron chi connectivity index (χ4n) is 1.93. The molecule has 110 valence electrons. The zero-order valence-electron chi connectivity index (χ0n) is 11.9. The molecule has 0 aliphatic heterocycles. The molecule has 0 radical (unpaired) electrons. The Morgan fingerprint density at radius 2 is 2.25 bits per heavy atom. The largest absolute Gasteiger partial charge is 0.493 e. The Morgan fingerprint density at radius 1 is 1.50 bits per heavy atom. The van der Waals surface area contributed by atoms with E-state index in [0.29, 0.717) is 19.1 Å². The summed E-state index contributed by atoms with van der Waals surface area (Å²) in [6, 6.07) is 6.54. The van der Waals surface area contributed by atoms with Crippen LogP contribution in [-0.2, 0) is 4.79 Å². The van der Waals surface area contributed by atoms with Crippen molar-refractivity contribution in [2.75, 3.05) is 13.7 Å². The van der Waals surface area contributed by atoms with Gasteiger partial charge in [-0.2, -0.15) is 0 Å². The van der Waals surface area contributed by atoms with Gasteiger partial charge in [-0.05, 0) is 45.0 Å². The van der Waals surface area contributed by atoms with E-state index in [-0.39, 0.29) is 11.9 Å². The number of hydrogen-bond donors (Lipinski definition) is 2. The maximum Gasteiger partial charge on any atom is 0.223 e. The monoisotopic (exact) mass is 340 g/mol. The predicted octanol–water partition coefficient (Wildman–Crippen LogP) is 2.78. The third-order valence-corrected chi connectivity index (χ3v) is 3.89. The van der Waals surface area contributed by atoms with E-state index in [1.165, 1.54) is 0 Å². The third-order valence-electron chi connectivity index (χ3n) is 3.40. The Kier molecular flexibility index (Phi) is 5.43. The van der Waals surface area contributed by atoms with Crippen LogP contribution in [0, 0.1) is 0 Å². The van der Waals surface area contributed by atoms with E-state index in [2.05, 4.69) is 33.5 Å². The van der Waals surface area contributed by atoms with Crippen LogP contribution in [0.3, 0.4) is 0 Å². The zero-order valence-corrected chi connectivity index (χ0v) is 13.5. The summed E-state index contributed by atoms with van der Waals surface area (Å²) in [5, 5.41) is 6.16. The summed E-state index contributed by atoms with van der Waals surface area (Å²) < 4.78 is 6.79. The molecular weight excluding hydrogens is 320 g/mol. The number of carbonyl (C=O) groups is 1. The summed E-state index contributed by atoms with van der Waals surface area (Å²) in [4.78, 5) is 11.6. The predicted molar refractivity (Wildman–Crippen MR) is 82.9 cm³/mol. The highest BCUT2D eigenvalue weighted by Crippen LogP contribution is 2.28. The van der Waals surface area contributed by atoms with Gasteiger partial charge in [0.05, 0.1) is 13.0 Å². The Hall–Kier alpha value is -1.07. The molecule has 1 aliphatic carbocycles. The standard InChI is InChI=1S/C15H21BrN2O2/c1-10(17-2)13-9-11(16)3-6-14(13)20-8-7-15(19)18-12-4-5-12/h3,6,9-10,12,17H,4-5,7-8H2,1-2H3,(H,18,19). The van der Waals surface area contributed by atoms with Gasteiger partial charge in [0.25, 0.3) is 0 Å². The maximum absolute atomic E-state index is 11.6. The lowest BCUT2D eigenvalue weighted by molar-refractivity contribution is -0.121. The molecule has 20 heavy (non-hydrogen) atoms. The molecule has 2 rings (SSSR count). The summed E-state index contributed by atoms with van der Waals surface area (Å²) in [6.07, 6.45) is 2.63. The fraction of sp³-hybridized carbons (Fsp3) is 0.533. The van der Waals surface area contributed by atoms with Crippen LogP contribution in [-0.4, -0.2) is 25.6 Å². The number of rotatable bonds is 7. The van der Waals surface area contributed by atoms with E-state index in [1.807, 2.05) is 25.2 Å². The number of hydrogen-bond acceptors (Lipinski definition) is 3. The molecular formula is C15H21BrN2O2. The maximum atomic E-state index is 11.6. The molecule has 0 heterocycles. The Labute approximate surface area is 128 Å². The van der Waals surface area contributed by atoms with Crippen molar-refractivity contribution < 1.29 is 9.53 Å². The first-order valence-electron chi connectivity index (χ1n) is 6.99. The minimum Gasteiger partial charge on any atom is -0.493 e. The topological polar surface area (TPSA) is 50.4 Å². The van der Waals surface area contributed by atoms with E-state index in [0.717, 1.165) is 28.6 Å². The van der Waals surface area contributed by atoms with E-state index < -0.39 is 0 Å². The highest BCUT2D eigenvalue weighted by atomic mass is 79.9. The second-order valence-corrected chi connectivity index (χ2v) is 6.05. The molecule has 1 atom stereocenters. The molecule has 1 aliphatic rings. The van der Waals surface area contributed by atoms with Crippen LogP contribution in [0.1, 0.15) is 37.8 Å². The van der Waals surface area contributed by atoms with Gasteiger partial charge < -0.3 is 15.4 Å². The van der Waals surface area contributed by atoms with Crippen LogP contribution >= 0.6 is 15.9 Å². The number of halogens is 1. The molecule has 1 fully saturated rings. The SMILES string of the molecule is CNC(C)c1cc(Br)ccc1OCCC(=O)NC1CC1. The van der Waals surface area contributed by atoms with E-state index in [4.69, 9.17) is 4.74 Å². The lowest BCUT2D eigenvalue weighted by Gasteiger charge is -2.17. The van der Waals surface area contributed by atoms with Crippen molar-refractivity contribution in [2.45, 2.75) is 38.3 Å². The van der Waals surface area contributed by atoms with Gasteiger partial charge in [0.1, 0.15) is 5.75 Å². The van der Waals surface area contributed by atoms with Crippen molar-refractivity contribution in [1.82, 2.24) is 10.6 Å². The van der Waals surface area contributed by atoms with Crippen LogP contribution in [0.4, 0.5) is 0 Å². The van der Waals surface area contributed by atoms with E-state index in [9.17, 15) is 4.79 Å². The van der Waals surface area contributed by atoms with Gasteiger partial charge in [0.15, 0.2) is 0 Å². The van der Waals surface area contributed by atoms with Crippen LogP contribution in [0.15, 0.2) is 22.7 Å². The molecule has 1 aromatic carbocycles. The summed E-state index contributed by atoms with van der Waals surface area (Å²) >= 11 is 3.47. The van der Waals surface area contributed by atoms with Crippen molar-refractivity contribution in [3.63, 3.8) is 0 Å². The molecule has 0 saturated heterocycles. The molecule has 1 aromatic rings. The first kappa shape index (κ1) is 15.3. The molecule has 4 nitrogen and oxygen atoms in total. The minimum atomic E-state index is 0.0767. The van der Waals surface area contributed by atoms with Gasteiger partial charge in [-0.3, -0.25) is 4.79 Å². The molecule has 1 saturated carbocycles. The fourth-order valence-corrected chi connectivity index (χ4v) is 2.30. The van der Waals surface area contributed by atoms with Crippen molar-refractivity contribution in [3.8, 4) is 5.75 Å². The minimum absolute atomic E-state index is 0.0767. The quantitative estimate of drug-likeness (QED) is 0.802. The average molecular weight is 341 g/mol. The number of nitrogens with one attached hydrogen (secondary N) is 2. The average Bonchev–Trinajstić information content (AvgIpc) is 3.23. The van der Waals surface area contributed by atoms with Crippen LogP contribution in [0.5, 0.6) is 5.75 Å². The lowest BCUT2D eigenvalue weighted by atomic mass is 10.1. The molecule has 0 spiro atoms. The summed E-state index contributed by atoms with van der Waals surface area (Å²) in [5.41, 5.74) is 1.09. The third kappa shape index (κ3) is 4.49. The Morgan fingerprint density at radius 3 is 2.90 bits per heavy atom. The first-order chi connectivity index (χ1) is 9.60. The van der Waals surface area contributed by atoms with Crippen molar-refractivity contribution in [3.05, 3.63) is 28.2 Å². The second-order valence-electron chi connectivity index (χ2n) is 5.13. The number of ether oxygens (including phenoxy) is 1. The van der Waals surface area contributed by atoms with Crippen LogP contribution < -0.4 is 15.4 Å². The molecule has 5 heteroatoms. The number of amides is 1. The normalized spacial score (nSPS) is 15.8. The molecule has 0 bridgehead atoms. The van der Waals surface area contributed by atoms with Gasteiger partial charge in [-0.1, -0.05) is 15.9 Å². The molecule has 1 amide bonds. The van der Waals surface area contributed by atoms with E-state index >= 15 is 0 Å². The summed E-state index contributed by atoms with van der Waals surface area (Å²) in [7, 11) is 1.92. The summed E-state index contributed by atoms with van der Waals surface area (Å²) in [5.74, 6) is 0.905. The van der Waals surface area contributed by atoms with Gasteiger partial charge >= 0.3 is 0 Å². The van der Waals surface area contributed by atoms with E-state index in [1.54, 1.807) is 0 Å². The molecule has 1 unspecified atom stereocenters. The first-order valence-corrected chi connectivity index (χ1v) is 7.78. The van der Waals surface area contributed by atoms with Crippen LogP contribution in [0.2, 0.25) is 0 Å². The number of benzene rings is 1. The lowest BCUT2D eigenvalue weighted by Crippen LogP contribution is -2.26. The highest BCUT2D eigenvalue weighted by Gasteiger charge is 2.23. The highest BCUT2D eigenvalue weighted by molar-refractivity contribution is 9.10. The Bertz CT molecular complexity index is 475. The smallest absolute Gasteiger partial charge is 0.223 e. The van der Waals surface area contributed by atoms with Gasteiger partial charge in [-0.15, -0.1) is 0 Å². The van der Waals surface area contributed by atoms with Crippen LogP contribution in [0.25, 0.3) is 0 Å². The van der Waals surface area contributed by atoms with Gasteiger partial charge in [-0.25, -0.2) is 0 Å². The zero-order chi connectivity index (χ0) is 14.5. The molecule has 2 N–H and O–H groups in total. The van der Waals surface area contributed by atoms with Gasteiger partial charge in [0.2, 0.25) is 5.91 Å². The van der Waals surface area contributed by atoms with Crippen molar-refractivity contribution in [2.24, 2.45) is 0 Å². The van der Waals surface area contributed by atoms with Crippen molar-refractivity contribution >= 4 is 21.8 Å². The van der Waals surface area contributed by atoms with Gasteiger partial charge in [0, 0.05) is 22.1 Å².